The fourth-order valence-corrected chi connectivity index (χ4v) is 3.09. The SMILES string of the molecule is CCC(CNC(=O)Cc1cccs1)(OC)c1ccccc1. The number of hydrogen-bond acceptors (Lipinski definition) is 3. The molecule has 2 aromatic rings. The summed E-state index contributed by atoms with van der Waals surface area (Å²) in [6.07, 6.45) is 1.22. The summed E-state index contributed by atoms with van der Waals surface area (Å²) in [4.78, 5) is 13.1. The summed E-state index contributed by atoms with van der Waals surface area (Å²) in [5.74, 6) is 0.0308. The van der Waals surface area contributed by atoms with Crippen molar-refractivity contribution in [2.24, 2.45) is 0 Å². The maximum Gasteiger partial charge on any atom is 0.225 e. The van der Waals surface area contributed by atoms with Gasteiger partial charge in [-0.3, -0.25) is 4.79 Å². The first-order chi connectivity index (χ1) is 10.2. The standard InChI is InChI=1S/C17H21NO2S/c1-3-17(20-2,14-8-5-4-6-9-14)13-18-16(19)12-15-10-7-11-21-15/h4-11H,3,12-13H2,1-2H3,(H,18,19). The highest BCUT2D eigenvalue weighted by Gasteiger charge is 2.30. The van der Waals surface area contributed by atoms with Crippen LogP contribution in [0, 0.1) is 0 Å². The molecule has 0 saturated heterocycles. The van der Waals surface area contributed by atoms with Crippen LogP contribution in [0.4, 0.5) is 0 Å². The summed E-state index contributed by atoms with van der Waals surface area (Å²) in [5, 5.41) is 4.99. The van der Waals surface area contributed by atoms with E-state index in [1.807, 2.05) is 47.8 Å². The molecule has 1 heterocycles. The van der Waals surface area contributed by atoms with Gasteiger partial charge in [0.05, 0.1) is 13.0 Å². The van der Waals surface area contributed by atoms with Crippen LogP contribution in [0.15, 0.2) is 47.8 Å². The molecule has 0 saturated carbocycles. The molecule has 112 valence electrons. The topological polar surface area (TPSA) is 38.3 Å². The minimum atomic E-state index is -0.466. The minimum Gasteiger partial charge on any atom is -0.372 e. The molecule has 1 aromatic carbocycles. The van der Waals surface area contributed by atoms with Gasteiger partial charge >= 0.3 is 0 Å². The number of ether oxygens (including phenoxy) is 1. The molecular weight excluding hydrogens is 282 g/mol. The van der Waals surface area contributed by atoms with Gasteiger partial charge in [0, 0.05) is 12.0 Å². The molecule has 0 fully saturated rings. The molecule has 0 spiro atoms. The lowest BCUT2D eigenvalue weighted by atomic mass is 9.90. The summed E-state index contributed by atoms with van der Waals surface area (Å²) in [7, 11) is 1.70. The van der Waals surface area contributed by atoms with E-state index >= 15 is 0 Å². The van der Waals surface area contributed by atoms with Gasteiger partial charge in [0.15, 0.2) is 0 Å². The van der Waals surface area contributed by atoms with Crippen molar-refractivity contribution in [3.63, 3.8) is 0 Å². The largest absolute Gasteiger partial charge is 0.372 e. The number of carbonyl (C=O) groups excluding carboxylic acids is 1. The highest BCUT2D eigenvalue weighted by Crippen LogP contribution is 2.28. The first-order valence-electron chi connectivity index (χ1n) is 7.10. The highest BCUT2D eigenvalue weighted by molar-refractivity contribution is 7.10. The number of thiophene rings is 1. The average Bonchev–Trinajstić information content (AvgIpc) is 3.03. The van der Waals surface area contributed by atoms with Gasteiger partial charge in [0.2, 0.25) is 5.91 Å². The number of amides is 1. The first-order valence-corrected chi connectivity index (χ1v) is 7.98. The summed E-state index contributed by atoms with van der Waals surface area (Å²) in [6.45, 7) is 2.55. The van der Waals surface area contributed by atoms with Gasteiger partial charge in [0.1, 0.15) is 5.60 Å². The van der Waals surface area contributed by atoms with E-state index in [4.69, 9.17) is 4.74 Å². The van der Waals surface area contributed by atoms with E-state index in [-0.39, 0.29) is 5.91 Å². The van der Waals surface area contributed by atoms with E-state index in [1.165, 1.54) is 0 Å². The predicted octanol–water partition coefficient (Wildman–Crippen LogP) is 3.36. The van der Waals surface area contributed by atoms with Crippen LogP contribution in [0.1, 0.15) is 23.8 Å². The Kier molecular flexibility index (Phi) is 5.53. The predicted molar refractivity (Wildman–Crippen MR) is 86.5 cm³/mol. The van der Waals surface area contributed by atoms with E-state index in [0.29, 0.717) is 13.0 Å². The van der Waals surface area contributed by atoms with Crippen molar-refractivity contribution in [2.75, 3.05) is 13.7 Å². The maximum absolute atomic E-state index is 12.1. The third-order valence-electron chi connectivity index (χ3n) is 3.75. The summed E-state index contributed by atoms with van der Waals surface area (Å²) in [5.41, 5.74) is 0.623. The second-order valence-electron chi connectivity index (χ2n) is 4.95. The molecule has 1 amide bonds. The first kappa shape index (κ1) is 15.7. The van der Waals surface area contributed by atoms with Crippen LogP contribution in [0.25, 0.3) is 0 Å². The molecule has 4 heteroatoms. The summed E-state index contributed by atoms with van der Waals surface area (Å²) >= 11 is 1.60. The van der Waals surface area contributed by atoms with E-state index in [0.717, 1.165) is 16.9 Å². The Morgan fingerprint density at radius 3 is 2.57 bits per heavy atom. The molecule has 1 unspecified atom stereocenters. The molecule has 3 nitrogen and oxygen atoms in total. The molecule has 0 radical (unpaired) electrons. The van der Waals surface area contributed by atoms with Crippen molar-refractivity contribution in [1.82, 2.24) is 5.32 Å². The lowest BCUT2D eigenvalue weighted by Crippen LogP contribution is -2.42. The van der Waals surface area contributed by atoms with Gasteiger partial charge in [-0.05, 0) is 23.4 Å². The average molecular weight is 303 g/mol. The number of rotatable bonds is 7. The van der Waals surface area contributed by atoms with Crippen LogP contribution in [0.5, 0.6) is 0 Å². The van der Waals surface area contributed by atoms with E-state index < -0.39 is 5.60 Å². The third kappa shape index (κ3) is 3.93. The van der Waals surface area contributed by atoms with Crippen molar-refractivity contribution in [3.05, 3.63) is 58.3 Å². The zero-order valence-electron chi connectivity index (χ0n) is 12.5. The van der Waals surface area contributed by atoms with Crippen molar-refractivity contribution < 1.29 is 9.53 Å². The molecule has 1 atom stereocenters. The third-order valence-corrected chi connectivity index (χ3v) is 4.62. The maximum atomic E-state index is 12.1. The Hall–Kier alpha value is -1.65. The number of benzene rings is 1. The summed E-state index contributed by atoms with van der Waals surface area (Å²) < 4.78 is 5.75. The van der Waals surface area contributed by atoms with E-state index in [2.05, 4.69) is 12.2 Å². The van der Waals surface area contributed by atoms with E-state index in [9.17, 15) is 4.79 Å². The molecule has 1 N–H and O–H groups in total. The minimum absolute atomic E-state index is 0.0308. The van der Waals surface area contributed by atoms with Gasteiger partial charge < -0.3 is 10.1 Å². The number of methoxy groups -OCH3 is 1. The van der Waals surface area contributed by atoms with Gasteiger partial charge in [-0.1, -0.05) is 43.3 Å². The molecule has 0 aliphatic heterocycles. The molecule has 2 rings (SSSR count). The fourth-order valence-electron chi connectivity index (χ4n) is 2.38. The van der Waals surface area contributed by atoms with Crippen LogP contribution < -0.4 is 5.32 Å². The van der Waals surface area contributed by atoms with Gasteiger partial charge in [-0.15, -0.1) is 11.3 Å². The van der Waals surface area contributed by atoms with Gasteiger partial charge in [0.25, 0.3) is 0 Å². The lowest BCUT2D eigenvalue weighted by molar-refractivity contribution is -0.122. The van der Waals surface area contributed by atoms with Crippen LogP contribution in [-0.2, 0) is 21.6 Å². The second-order valence-corrected chi connectivity index (χ2v) is 5.98. The quantitative estimate of drug-likeness (QED) is 0.852. The lowest BCUT2D eigenvalue weighted by Gasteiger charge is -2.32. The zero-order chi connectivity index (χ0) is 15.1. The molecule has 0 bridgehead atoms. The zero-order valence-corrected chi connectivity index (χ0v) is 13.3. The van der Waals surface area contributed by atoms with Gasteiger partial charge in [-0.25, -0.2) is 0 Å². The monoisotopic (exact) mass is 303 g/mol. The van der Waals surface area contributed by atoms with Gasteiger partial charge in [-0.2, -0.15) is 0 Å². The van der Waals surface area contributed by atoms with Crippen LogP contribution in [-0.4, -0.2) is 19.6 Å². The Labute approximate surface area is 130 Å². The Bertz CT molecular complexity index is 547. The molecular formula is C17H21NO2S. The molecule has 1 aromatic heterocycles. The Balaban J connectivity index is 2.02. The van der Waals surface area contributed by atoms with Crippen LogP contribution >= 0.6 is 11.3 Å². The number of carbonyl (C=O) groups is 1. The fraction of sp³-hybridized carbons (Fsp3) is 0.353. The van der Waals surface area contributed by atoms with Crippen LogP contribution in [0.2, 0.25) is 0 Å². The normalized spacial score (nSPS) is 13.6. The van der Waals surface area contributed by atoms with Crippen molar-refractivity contribution in [2.45, 2.75) is 25.4 Å². The molecule has 0 aliphatic rings. The Morgan fingerprint density at radius 2 is 2.00 bits per heavy atom. The van der Waals surface area contributed by atoms with Crippen LogP contribution in [0.3, 0.4) is 0 Å². The van der Waals surface area contributed by atoms with Crippen molar-refractivity contribution in [3.8, 4) is 0 Å². The van der Waals surface area contributed by atoms with E-state index in [1.54, 1.807) is 18.4 Å². The molecule has 21 heavy (non-hydrogen) atoms. The number of nitrogens with one attached hydrogen (secondary N) is 1. The van der Waals surface area contributed by atoms with Crippen molar-refractivity contribution >= 4 is 17.2 Å². The Morgan fingerprint density at radius 1 is 1.24 bits per heavy atom. The summed E-state index contributed by atoms with van der Waals surface area (Å²) in [6, 6.07) is 14.0. The number of hydrogen-bond donors (Lipinski definition) is 1. The highest BCUT2D eigenvalue weighted by atomic mass is 32.1. The smallest absolute Gasteiger partial charge is 0.225 e. The van der Waals surface area contributed by atoms with Crippen molar-refractivity contribution in [1.29, 1.82) is 0 Å². The second kappa shape index (κ2) is 7.38. The molecule has 0 aliphatic carbocycles.